The average Bonchev–Trinajstić information content (AvgIpc) is 3.59. The molecule has 0 bridgehead atoms. The van der Waals surface area contributed by atoms with Gasteiger partial charge >= 0.3 is 0 Å². The third kappa shape index (κ3) is 9.76. The third-order valence-corrected chi connectivity index (χ3v) is 21.7. The van der Waals surface area contributed by atoms with E-state index in [2.05, 4.69) is 279 Å². The standard InChI is InChI=1S/C74H64N2O2P2/c1-75(49-55-47-53-27-17-21-39-63(53)71(73(55)77)69-61-37-19-15-25-51(61)43-45-67(69)79(57-29-7-3-8-30-57)58-31-9-4-10-32-58)65-41-23-24-42-66(65)76(2)50-56-48-54-28-18-22-40-64(54)72(74(56)78)70-62-38-20-16-26-52(62)44-46-68(70)80(59-33-11-5-12-34-59)60-35-13-6-14-36-60/h3-22,25-40,43-48,65-66,77-78H,23-24,41-42,49-50H2,1-2H3/t65-,66-/m0/s1. The van der Waals surface area contributed by atoms with Crippen LogP contribution in [0.15, 0.2) is 255 Å². The van der Waals surface area contributed by atoms with Crippen LogP contribution in [-0.2, 0) is 13.1 Å². The quantitative estimate of drug-likeness (QED) is 0.107. The lowest BCUT2D eigenvalue weighted by Crippen LogP contribution is -2.50. The smallest absolute Gasteiger partial charge is 0.128 e. The molecule has 0 amide bonds. The summed E-state index contributed by atoms with van der Waals surface area (Å²) in [5.74, 6) is 0.684. The second-order valence-electron chi connectivity index (χ2n) is 21.6. The highest BCUT2D eigenvalue weighted by atomic mass is 31.1. The van der Waals surface area contributed by atoms with E-state index in [0.717, 1.165) is 102 Å². The fraction of sp³-hybridized carbons (Fsp3) is 0.135. The van der Waals surface area contributed by atoms with E-state index in [1.165, 1.54) is 31.8 Å². The second kappa shape index (κ2) is 22.7. The Kier molecular flexibility index (Phi) is 14.6. The zero-order chi connectivity index (χ0) is 54.1. The van der Waals surface area contributed by atoms with Crippen LogP contribution >= 0.6 is 15.8 Å². The minimum atomic E-state index is -1.01. The van der Waals surface area contributed by atoms with Crippen molar-refractivity contribution in [1.29, 1.82) is 0 Å². The van der Waals surface area contributed by atoms with Crippen molar-refractivity contribution in [3.8, 4) is 33.8 Å². The van der Waals surface area contributed by atoms with E-state index in [-0.39, 0.29) is 12.1 Å². The first-order chi connectivity index (χ1) is 39.4. The number of rotatable bonds is 14. The summed E-state index contributed by atoms with van der Waals surface area (Å²) in [6.45, 7) is 1.15. The molecular weight excluding hydrogens is 1010 g/mol. The summed E-state index contributed by atoms with van der Waals surface area (Å²) in [4.78, 5) is 5.00. The summed E-state index contributed by atoms with van der Waals surface area (Å²) in [6.07, 6.45) is 4.35. The SMILES string of the molecule is CN(Cc1cc2ccccc2c(-c2c(P(c3ccccc3)c3ccccc3)ccc3ccccc23)c1O)[C@H]1CCCC[C@@H]1N(C)Cc1cc2ccccc2c(-c2c(P(c3ccccc3)c3ccccc3)ccc3ccccc23)c1O. The van der Waals surface area contributed by atoms with E-state index >= 15 is 0 Å². The van der Waals surface area contributed by atoms with Crippen molar-refractivity contribution in [2.75, 3.05) is 14.1 Å². The Balaban J connectivity index is 0.889. The van der Waals surface area contributed by atoms with Gasteiger partial charge in [0, 0.05) is 58.6 Å². The lowest BCUT2D eigenvalue weighted by atomic mass is 9.87. The number of fused-ring (bicyclic) bond motifs is 4. The molecule has 0 radical (unpaired) electrons. The minimum absolute atomic E-state index is 0.201. The summed E-state index contributed by atoms with van der Waals surface area (Å²) in [7, 11) is 2.49. The predicted octanol–water partition coefficient (Wildman–Crippen LogP) is 15.4. The number of likely N-dealkylation sites (N-methyl/N-ethyl adjacent to an activating group) is 2. The molecule has 0 spiro atoms. The topological polar surface area (TPSA) is 46.9 Å². The molecule has 80 heavy (non-hydrogen) atoms. The molecule has 13 rings (SSSR count). The summed E-state index contributed by atoms with van der Waals surface area (Å²) < 4.78 is 0. The van der Waals surface area contributed by atoms with Gasteiger partial charge in [-0.25, -0.2) is 0 Å². The molecule has 0 heterocycles. The molecule has 1 saturated carbocycles. The van der Waals surface area contributed by atoms with Gasteiger partial charge in [-0.1, -0.05) is 255 Å². The molecule has 12 aromatic carbocycles. The van der Waals surface area contributed by atoms with Gasteiger partial charge in [0.2, 0.25) is 0 Å². The Labute approximate surface area is 472 Å². The van der Waals surface area contributed by atoms with Crippen molar-refractivity contribution in [2.24, 2.45) is 0 Å². The molecule has 0 unspecified atom stereocenters. The zero-order valence-electron chi connectivity index (χ0n) is 45.3. The summed E-state index contributed by atoms with van der Waals surface area (Å²) in [5.41, 5.74) is 5.82. The number of benzene rings is 12. The van der Waals surface area contributed by atoms with Crippen LogP contribution in [-0.4, -0.2) is 46.2 Å². The Morgan fingerprint density at radius 1 is 0.338 bits per heavy atom. The molecule has 1 aliphatic carbocycles. The monoisotopic (exact) mass is 1070 g/mol. The van der Waals surface area contributed by atoms with Crippen LogP contribution in [0.3, 0.4) is 0 Å². The van der Waals surface area contributed by atoms with E-state index in [9.17, 15) is 10.2 Å². The lowest BCUT2D eigenvalue weighted by molar-refractivity contribution is 0.0686. The van der Waals surface area contributed by atoms with Crippen molar-refractivity contribution in [2.45, 2.75) is 50.9 Å². The first-order valence-electron chi connectivity index (χ1n) is 28.1. The van der Waals surface area contributed by atoms with Crippen molar-refractivity contribution >= 4 is 90.8 Å². The van der Waals surface area contributed by atoms with Crippen LogP contribution < -0.4 is 31.8 Å². The number of aromatic hydroxyl groups is 2. The molecule has 392 valence electrons. The van der Waals surface area contributed by atoms with Crippen LogP contribution in [0.4, 0.5) is 0 Å². The second-order valence-corrected chi connectivity index (χ2v) is 26.0. The largest absolute Gasteiger partial charge is 0.507 e. The van der Waals surface area contributed by atoms with Gasteiger partial charge < -0.3 is 10.2 Å². The predicted molar refractivity (Wildman–Crippen MR) is 343 cm³/mol. The van der Waals surface area contributed by atoms with Gasteiger partial charge in [0.05, 0.1) is 0 Å². The van der Waals surface area contributed by atoms with Crippen molar-refractivity contribution < 1.29 is 10.2 Å². The van der Waals surface area contributed by atoms with Gasteiger partial charge in [-0.3, -0.25) is 9.80 Å². The van der Waals surface area contributed by atoms with Gasteiger partial charge in [-0.2, -0.15) is 0 Å². The van der Waals surface area contributed by atoms with Gasteiger partial charge in [0.25, 0.3) is 0 Å². The Morgan fingerprint density at radius 2 is 0.625 bits per heavy atom. The maximum absolute atomic E-state index is 13.2. The molecule has 2 atom stereocenters. The van der Waals surface area contributed by atoms with E-state index in [1.54, 1.807) is 0 Å². The Hall–Kier alpha value is -7.94. The molecule has 2 N–H and O–H groups in total. The number of nitrogens with zero attached hydrogens (tertiary/aromatic N) is 2. The maximum Gasteiger partial charge on any atom is 0.128 e. The van der Waals surface area contributed by atoms with Crippen LogP contribution in [0.5, 0.6) is 11.5 Å². The van der Waals surface area contributed by atoms with Crippen LogP contribution in [0.1, 0.15) is 36.8 Å². The van der Waals surface area contributed by atoms with Crippen LogP contribution in [0, 0.1) is 0 Å². The highest BCUT2D eigenvalue weighted by molar-refractivity contribution is 7.80. The molecule has 12 aromatic rings. The van der Waals surface area contributed by atoms with E-state index in [4.69, 9.17) is 0 Å². The molecular formula is C74H64N2O2P2. The third-order valence-electron chi connectivity index (χ3n) is 16.7. The van der Waals surface area contributed by atoms with Crippen molar-refractivity contribution in [1.82, 2.24) is 9.80 Å². The first kappa shape index (κ1) is 51.5. The summed E-state index contributed by atoms with van der Waals surface area (Å²) >= 11 is 0. The first-order valence-corrected chi connectivity index (χ1v) is 30.8. The summed E-state index contributed by atoms with van der Waals surface area (Å²) in [6, 6.07) is 92.2. The zero-order valence-corrected chi connectivity index (χ0v) is 47.1. The molecule has 4 nitrogen and oxygen atoms in total. The molecule has 0 aliphatic heterocycles. The molecule has 1 fully saturated rings. The average molecular weight is 1080 g/mol. The molecule has 0 aromatic heterocycles. The number of hydrogen-bond acceptors (Lipinski definition) is 4. The number of hydrogen-bond donors (Lipinski definition) is 2. The van der Waals surface area contributed by atoms with Gasteiger partial charge in [-0.05, 0) is 130 Å². The summed E-state index contributed by atoms with van der Waals surface area (Å²) in [5, 5.41) is 42.8. The van der Waals surface area contributed by atoms with Crippen LogP contribution in [0.25, 0.3) is 65.3 Å². The highest BCUT2D eigenvalue weighted by Gasteiger charge is 2.34. The Bertz CT molecular complexity index is 3820. The van der Waals surface area contributed by atoms with E-state index in [1.807, 2.05) is 0 Å². The van der Waals surface area contributed by atoms with Gasteiger partial charge in [0.1, 0.15) is 11.5 Å². The van der Waals surface area contributed by atoms with E-state index < -0.39 is 15.8 Å². The fourth-order valence-corrected chi connectivity index (χ4v) is 18.0. The van der Waals surface area contributed by atoms with Crippen molar-refractivity contribution in [3.05, 3.63) is 266 Å². The lowest BCUT2D eigenvalue weighted by Gasteiger charge is -2.43. The highest BCUT2D eigenvalue weighted by Crippen LogP contribution is 2.49. The molecule has 0 saturated heterocycles. The molecule has 1 aliphatic rings. The molecule has 6 heteroatoms. The maximum atomic E-state index is 13.2. The van der Waals surface area contributed by atoms with E-state index in [0.29, 0.717) is 24.6 Å². The minimum Gasteiger partial charge on any atom is -0.507 e. The Morgan fingerprint density at radius 3 is 0.963 bits per heavy atom. The number of phenolic OH excluding ortho intramolecular Hbond substituents is 2. The van der Waals surface area contributed by atoms with Crippen LogP contribution in [0.2, 0.25) is 0 Å². The number of phenols is 2. The normalized spacial score (nSPS) is 14.8. The van der Waals surface area contributed by atoms with Gasteiger partial charge in [-0.15, -0.1) is 0 Å². The van der Waals surface area contributed by atoms with Crippen molar-refractivity contribution in [3.63, 3.8) is 0 Å². The van der Waals surface area contributed by atoms with Gasteiger partial charge in [0.15, 0.2) is 0 Å². The fourth-order valence-electron chi connectivity index (χ4n) is 13.0.